The van der Waals surface area contributed by atoms with E-state index in [9.17, 15) is 9.59 Å². The Kier molecular flexibility index (Phi) is 10.3. The first-order valence-electron chi connectivity index (χ1n) is 13.2. The number of aromatic nitrogens is 2. The summed E-state index contributed by atoms with van der Waals surface area (Å²) in [6.45, 7) is 13.4. The molecular formula is C28H43N5O2. The largest absolute Gasteiger partial charge is 0.337 e. The van der Waals surface area contributed by atoms with Crippen LogP contribution in [0.5, 0.6) is 0 Å². The van der Waals surface area contributed by atoms with Crippen molar-refractivity contribution in [2.24, 2.45) is 11.8 Å². The smallest absolute Gasteiger partial charge is 0.227 e. The standard InChI is InChI=1S/C28H43N5O2/c1-22(2)17-28(35)33-14-8-13-31(20-23(3)4)15-16-32(21-25-10-5-6-11-26(25)33)27(34)12-7-9-24-18-29-30-19-24/h5-6,10-11,18-19,22-23H,7-9,12-17,20-21H2,1-4H3,(H,29,30). The first kappa shape index (κ1) is 26.9. The Morgan fingerprint density at radius 3 is 2.51 bits per heavy atom. The molecule has 0 radical (unpaired) electrons. The summed E-state index contributed by atoms with van der Waals surface area (Å²) in [7, 11) is 0. The topological polar surface area (TPSA) is 72.5 Å². The number of nitrogens with zero attached hydrogens (tertiary/aromatic N) is 4. The van der Waals surface area contributed by atoms with Crippen LogP contribution in [-0.4, -0.2) is 64.5 Å². The fourth-order valence-corrected chi connectivity index (χ4v) is 4.79. The van der Waals surface area contributed by atoms with Crippen molar-refractivity contribution in [3.8, 4) is 0 Å². The predicted molar refractivity (Wildman–Crippen MR) is 141 cm³/mol. The Morgan fingerprint density at radius 2 is 1.80 bits per heavy atom. The molecule has 0 unspecified atom stereocenters. The first-order valence-corrected chi connectivity index (χ1v) is 13.2. The number of nitrogens with one attached hydrogen (secondary N) is 1. The number of hydrogen-bond acceptors (Lipinski definition) is 4. The Morgan fingerprint density at radius 1 is 1.00 bits per heavy atom. The van der Waals surface area contributed by atoms with Crippen molar-refractivity contribution >= 4 is 17.5 Å². The zero-order valence-corrected chi connectivity index (χ0v) is 22.0. The third-order valence-corrected chi connectivity index (χ3v) is 6.46. The molecule has 2 amide bonds. The van der Waals surface area contributed by atoms with Crippen molar-refractivity contribution in [3.05, 3.63) is 47.8 Å². The van der Waals surface area contributed by atoms with Crippen LogP contribution in [0, 0.1) is 11.8 Å². The first-order chi connectivity index (χ1) is 16.8. The lowest BCUT2D eigenvalue weighted by atomic mass is 10.1. The maximum atomic E-state index is 13.4. The minimum Gasteiger partial charge on any atom is -0.337 e. The summed E-state index contributed by atoms with van der Waals surface area (Å²) in [5.74, 6) is 1.20. The minimum absolute atomic E-state index is 0.167. The van der Waals surface area contributed by atoms with Gasteiger partial charge in [-0.2, -0.15) is 5.10 Å². The quantitative estimate of drug-likeness (QED) is 0.602. The summed E-state index contributed by atoms with van der Waals surface area (Å²) >= 11 is 0. The lowest BCUT2D eigenvalue weighted by Crippen LogP contribution is -2.40. The zero-order valence-electron chi connectivity index (χ0n) is 22.0. The van der Waals surface area contributed by atoms with Crippen molar-refractivity contribution in [1.29, 1.82) is 0 Å². The van der Waals surface area contributed by atoms with Gasteiger partial charge in [0.15, 0.2) is 0 Å². The fourth-order valence-electron chi connectivity index (χ4n) is 4.79. The van der Waals surface area contributed by atoms with E-state index in [1.807, 2.05) is 40.4 Å². The van der Waals surface area contributed by atoms with Crippen LogP contribution in [-0.2, 0) is 22.6 Å². The highest BCUT2D eigenvalue weighted by Crippen LogP contribution is 2.25. The number of carbonyl (C=O) groups is 2. The molecular weight excluding hydrogens is 438 g/mol. The summed E-state index contributed by atoms with van der Waals surface area (Å²) in [6, 6.07) is 8.12. The Balaban J connectivity index is 1.82. The second-order valence-electron chi connectivity index (χ2n) is 10.6. The van der Waals surface area contributed by atoms with E-state index < -0.39 is 0 Å². The van der Waals surface area contributed by atoms with E-state index in [4.69, 9.17) is 0 Å². The monoisotopic (exact) mass is 481 g/mol. The Hall–Kier alpha value is -2.67. The van der Waals surface area contributed by atoms with E-state index in [2.05, 4.69) is 48.9 Å². The number of aromatic amines is 1. The van der Waals surface area contributed by atoms with Gasteiger partial charge in [0.1, 0.15) is 0 Å². The number of carbonyl (C=O) groups excluding carboxylic acids is 2. The van der Waals surface area contributed by atoms with Crippen LogP contribution in [0.2, 0.25) is 0 Å². The fraction of sp³-hybridized carbons (Fsp3) is 0.607. The van der Waals surface area contributed by atoms with Gasteiger partial charge in [0.25, 0.3) is 0 Å². The number of amides is 2. The van der Waals surface area contributed by atoms with Gasteiger partial charge in [0, 0.05) is 57.4 Å². The molecule has 7 heteroatoms. The van der Waals surface area contributed by atoms with E-state index in [-0.39, 0.29) is 11.8 Å². The summed E-state index contributed by atoms with van der Waals surface area (Å²) in [6.07, 6.45) is 7.30. The summed E-state index contributed by atoms with van der Waals surface area (Å²) < 4.78 is 0. The highest BCUT2D eigenvalue weighted by atomic mass is 16.2. The highest BCUT2D eigenvalue weighted by molar-refractivity contribution is 5.94. The summed E-state index contributed by atoms with van der Waals surface area (Å²) in [4.78, 5) is 33.1. The average Bonchev–Trinajstić information content (AvgIpc) is 3.31. The third kappa shape index (κ3) is 8.49. The van der Waals surface area contributed by atoms with E-state index in [0.717, 1.165) is 55.7 Å². The van der Waals surface area contributed by atoms with Gasteiger partial charge in [0.05, 0.1) is 6.20 Å². The van der Waals surface area contributed by atoms with Crippen LogP contribution in [0.4, 0.5) is 5.69 Å². The lowest BCUT2D eigenvalue weighted by Gasteiger charge is -2.29. The molecule has 0 aliphatic carbocycles. The van der Waals surface area contributed by atoms with Crippen molar-refractivity contribution in [2.75, 3.05) is 37.6 Å². The molecule has 0 spiro atoms. The molecule has 2 heterocycles. The number of benzene rings is 1. The molecule has 2 aromatic rings. The van der Waals surface area contributed by atoms with Crippen LogP contribution < -0.4 is 4.90 Å². The van der Waals surface area contributed by atoms with Crippen LogP contribution in [0.1, 0.15) is 64.5 Å². The minimum atomic E-state index is 0.167. The second kappa shape index (κ2) is 13.4. The number of rotatable bonds is 8. The van der Waals surface area contributed by atoms with Gasteiger partial charge in [-0.25, -0.2) is 0 Å². The van der Waals surface area contributed by atoms with Crippen LogP contribution in [0.3, 0.4) is 0 Å². The van der Waals surface area contributed by atoms with Gasteiger partial charge in [-0.15, -0.1) is 0 Å². The van der Waals surface area contributed by atoms with Gasteiger partial charge < -0.3 is 14.7 Å². The van der Waals surface area contributed by atoms with Gasteiger partial charge in [-0.05, 0) is 54.8 Å². The van der Waals surface area contributed by atoms with Crippen LogP contribution in [0.15, 0.2) is 36.7 Å². The van der Waals surface area contributed by atoms with E-state index in [1.54, 1.807) is 0 Å². The molecule has 1 aromatic carbocycles. The molecule has 0 fully saturated rings. The second-order valence-corrected chi connectivity index (χ2v) is 10.6. The van der Waals surface area contributed by atoms with Crippen LogP contribution in [0.25, 0.3) is 0 Å². The number of hydrogen-bond donors (Lipinski definition) is 1. The number of H-pyrrole nitrogens is 1. The molecule has 1 N–H and O–H groups in total. The molecule has 1 aliphatic heterocycles. The molecule has 1 aromatic heterocycles. The molecule has 0 bridgehead atoms. The van der Waals surface area contributed by atoms with Crippen LogP contribution >= 0.6 is 0 Å². The molecule has 35 heavy (non-hydrogen) atoms. The molecule has 0 atom stereocenters. The van der Waals surface area contributed by atoms with E-state index in [1.165, 1.54) is 0 Å². The van der Waals surface area contributed by atoms with E-state index >= 15 is 0 Å². The predicted octanol–water partition coefficient (Wildman–Crippen LogP) is 4.50. The molecule has 3 rings (SSSR count). The van der Waals surface area contributed by atoms with Crippen molar-refractivity contribution in [1.82, 2.24) is 20.0 Å². The van der Waals surface area contributed by atoms with Crippen molar-refractivity contribution in [2.45, 2.75) is 66.3 Å². The van der Waals surface area contributed by atoms with Gasteiger partial charge in [-0.3, -0.25) is 14.7 Å². The highest BCUT2D eigenvalue weighted by Gasteiger charge is 2.24. The normalized spacial score (nSPS) is 15.8. The van der Waals surface area contributed by atoms with Gasteiger partial charge >= 0.3 is 0 Å². The number of aryl methyl sites for hydroxylation is 1. The molecule has 7 nitrogen and oxygen atoms in total. The maximum Gasteiger partial charge on any atom is 0.227 e. The zero-order chi connectivity index (χ0) is 25.2. The van der Waals surface area contributed by atoms with Gasteiger partial charge in [0.2, 0.25) is 11.8 Å². The molecule has 0 saturated heterocycles. The van der Waals surface area contributed by atoms with Crippen molar-refractivity contribution in [3.63, 3.8) is 0 Å². The summed E-state index contributed by atoms with van der Waals surface area (Å²) in [5.41, 5.74) is 3.12. The maximum absolute atomic E-state index is 13.4. The SMILES string of the molecule is CC(C)CC(=O)N1CCCN(CC(C)C)CCN(C(=O)CCCc2cn[nH]c2)Cc2ccccc21. The Bertz CT molecular complexity index is 925. The third-order valence-electron chi connectivity index (χ3n) is 6.46. The molecule has 1 aliphatic rings. The molecule has 0 saturated carbocycles. The lowest BCUT2D eigenvalue weighted by molar-refractivity contribution is -0.132. The number of anilines is 1. The van der Waals surface area contributed by atoms with Crippen molar-refractivity contribution < 1.29 is 9.59 Å². The van der Waals surface area contributed by atoms with E-state index in [0.29, 0.717) is 44.3 Å². The Labute approximate surface area is 210 Å². The summed E-state index contributed by atoms with van der Waals surface area (Å²) in [5, 5.41) is 6.84. The molecule has 192 valence electrons. The number of fused-ring (bicyclic) bond motifs is 1. The average molecular weight is 482 g/mol. The van der Waals surface area contributed by atoms with Gasteiger partial charge in [-0.1, -0.05) is 45.9 Å². The number of para-hydroxylation sites is 1.